The van der Waals surface area contributed by atoms with Crippen molar-refractivity contribution < 1.29 is 24.0 Å². The molecule has 2 saturated heterocycles. The van der Waals surface area contributed by atoms with E-state index in [-0.39, 0.29) is 24.3 Å². The number of hydrogen-bond acceptors (Lipinski definition) is 9. The van der Waals surface area contributed by atoms with E-state index in [0.29, 0.717) is 37.8 Å². The van der Waals surface area contributed by atoms with Gasteiger partial charge in [0, 0.05) is 31.6 Å². The van der Waals surface area contributed by atoms with Crippen LogP contribution in [0.3, 0.4) is 0 Å². The maximum atomic E-state index is 13.0. The van der Waals surface area contributed by atoms with Crippen molar-refractivity contribution >= 4 is 39.8 Å². The summed E-state index contributed by atoms with van der Waals surface area (Å²) in [5.74, 6) is 1.68. The molecule has 1 amide bonds. The van der Waals surface area contributed by atoms with E-state index < -0.39 is 0 Å². The summed E-state index contributed by atoms with van der Waals surface area (Å²) in [4.78, 5) is 35.4. The monoisotopic (exact) mass is 431 g/mol. The number of thiophene rings is 1. The summed E-state index contributed by atoms with van der Waals surface area (Å²) < 4.78 is 10.9. The number of aromatic nitrogens is 3. The van der Waals surface area contributed by atoms with Crippen molar-refractivity contribution in [3.05, 3.63) is 35.3 Å². The fourth-order valence-corrected chi connectivity index (χ4v) is 4.64. The number of amides is 1. The molecular weight excluding hydrogens is 410 g/mol. The average Bonchev–Trinajstić information content (AvgIpc) is 3.27. The molecule has 5 heterocycles. The Balaban J connectivity index is 0.000000687. The highest BCUT2D eigenvalue weighted by molar-refractivity contribution is 7.16. The molecule has 0 radical (unpaired) electrons. The van der Waals surface area contributed by atoms with Crippen molar-refractivity contribution in [1.82, 2.24) is 20.0 Å². The van der Waals surface area contributed by atoms with E-state index in [1.165, 1.54) is 0 Å². The molecule has 0 aliphatic carbocycles. The predicted octanol–water partition coefficient (Wildman–Crippen LogP) is 1.67. The first-order chi connectivity index (χ1) is 14.6. The number of carbonyl (C=O) groups excluding carboxylic acids is 1. The van der Waals surface area contributed by atoms with Crippen molar-refractivity contribution in [2.75, 3.05) is 37.7 Å². The number of carboxylic acid groups (broad SMARTS) is 1. The molecule has 0 spiro atoms. The Morgan fingerprint density at radius 1 is 1.30 bits per heavy atom. The van der Waals surface area contributed by atoms with Crippen LogP contribution in [0, 0.1) is 12.8 Å². The normalized spacial score (nSPS) is 21.0. The minimum absolute atomic E-state index is 0.0642. The van der Waals surface area contributed by atoms with Crippen LogP contribution < -0.4 is 4.90 Å². The van der Waals surface area contributed by atoms with Crippen molar-refractivity contribution in [2.24, 2.45) is 5.92 Å². The number of hydrogen-bond donors (Lipinski definition) is 1. The molecule has 2 fully saturated rings. The summed E-state index contributed by atoms with van der Waals surface area (Å²) in [6.07, 6.45) is 1.62. The second kappa shape index (κ2) is 8.76. The number of nitrogens with zero attached hydrogens (tertiary/aromatic N) is 5. The molecule has 0 saturated carbocycles. The molecule has 0 aromatic carbocycles. The van der Waals surface area contributed by atoms with Crippen LogP contribution in [-0.2, 0) is 9.53 Å². The van der Waals surface area contributed by atoms with Crippen LogP contribution in [0.2, 0.25) is 0 Å². The summed E-state index contributed by atoms with van der Waals surface area (Å²) in [5, 5.41) is 13.9. The zero-order valence-corrected chi connectivity index (χ0v) is 17.1. The quantitative estimate of drug-likeness (QED) is 0.604. The molecule has 10 nitrogen and oxygen atoms in total. The van der Waals surface area contributed by atoms with Gasteiger partial charge in [-0.05, 0) is 18.4 Å². The van der Waals surface area contributed by atoms with Gasteiger partial charge >= 0.3 is 0 Å². The van der Waals surface area contributed by atoms with Gasteiger partial charge in [0.1, 0.15) is 22.7 Å². The van der Waals surface area contributed by atoms with Gasteiger partial charge in [0.2, 0.25) is 0 Å². The molecule has 11 heteroatoms. The van der Waals surface area contributed by atoms with E-state index in [4.69, 9.17) is 19.2 Å². The van der Waals surface area contributed by atoms with Crippen LogP contribution in [0.1, 0.15) is 16.2 Å². The summed E-state index contributed by atoms with van der Waals surface area (Å²) in [6, 6.07) is 3.69. The Kier molecular flexibility index (Phi) is 5.91. The van der Waals surface area contributed by atoms with E-state index in [2.05, 4.69) is 26.1 Å². The van der Waals surface area contributed by atoms with Crippen LogP contribution in [-0.4, -0.2) is 76.4 Å². The molecule has 30 heavy (non-hydrogen) atoms. The van der Waals surface area contributed by atoms with E-state index >= 15 is 0 Å². The summed E-state index contributed by atoms with van der Waals surface area (Å²) in [7, 11) is 0. The first-order valence-corrected chi connectivity index (χ1v) is 10.3. The molecule has 3 aromatic heterocycles. The van der Waals surface area contributed by atoms with Crippen LogP contribution in [0.5, 0.6) is 0 Å². The zero-order valence-electron chi connectivity index (χ0n) is 16.3. The first kappa shape index (κ1) is 20.2. The lowest BCUT2D eigenvalue weighted by atomic mass is 10.1. The third kappa shape index (κ3) is 3.98. The van der Waals surface area contributed by atoms with Crippen molar-refractivity contribution in [1.29, 1.82) is 0 Å². The molecule has 2 aliphatic heterocycles. The molecule has 5 rings (SSSR count). The molecule has 1 N–H and O–H groups in total. The number of fused-ring (bicyclic) bond motifs is 4. The van der Waals surface area contributed by atoms with Crippen LogP contribution in [0.15, 0.2) is 28.4 Å². The molecular formula is C19H21N5O5S. The van der Waals surface area contributed by atoms with Gasteiger partial charge in [-0.2, -0.15) is 0 Å². The van der Waals surface area contributed by atoms with E-state index in [1.807, 2.05) is 10.3 Å². The average molecular weight is 431 g/mol. The Morgan fingerprint density at radius 2 is 2.13 bits per heavy atom. The predicted molar refractivity (Wildman–Crippen MR) is 109 cm³/mol. The highest BCUT2D eigenvalue weighted by atomic mass is 32.1. The second-order valence-corrected chi connectivity index (χ2v) is 8.08. The Hall–Kier alpha value is -3.05. The minimum atomic E-state index is -0.250. The van der Waals surface area contributed by atoms with Gasteiger partial charge in [-0.3, -0.25) is 9.59 Å². The van der Waals surface area contributed by atoms with Gasteiger partial charge in [0.25, 0.3) is 12.4 Å². The van der Waals surface area contributed by atoms with Crippen molar-refractivity contribution in [3.63, 3.8) is 0 Å². The fourth-order valence-electron chi connectivity index (χ4n) is 3.91. The van der Waals surface area contributed by atoms with Gasteiger partial charge in [-0.1, -0.05) is 5.16 Å². The number of aryl methyl sites for hydroxylation is 1. The van der Waals surface area contributed by atoms with Gasteiger partial charge in [0.05, 0.1) is 24.6 Å². The number of ether oxygens (including phenoxy) is 1. The summed E-state index contributed by atoms with van der Waals surface area (Å²) in [5.41, 5.74) is 0.355. The Labute approximate surface area is 176 Å². The molecule has 0 unspecified atom stereocenters. The number of rotatable bonds is 2. The summed E-state index contributed by atoms with van der Waals surface area (Å²) >= 11 is 1.61. The van der Waals surface area contributed by atoms with Crippen molar-refractivity contribution in [2.45, 2.75) is 13.0 Å². The Morgan fingerprint density at radius 3 is 2.90 bits per heavy atom. The third-order valence-electron chi connectivity index (χ3n) is 5.12. The van der Waals surface area contributed by atoms with Crippen molar-refractivity contribution in [3.8, 4) is 0 Å². The topological polar surface area (TPSA) is 122 Å². The molecule has 2 atom stereocenters. The number of anilines is 1. The van der Waals surface area contributed by atoms with Gasteiger partial charge in [-0.15, -0.1) is 11.3 Å². The molecule has 3 aromatic rings. The highest BCUT2D eigenvalue weighted by Gasteiger charge is 2.37. The smallest absolute Gasteiger partial charge is 0.290 e. The maximum Gasteiger partial charge on any atom is 0.290 e. The summed E-state index contributed by atoms with van der Waals surface area (Å²) in [6.45, 7) is 4.78. The van der Waals surface area contributed by atoms with Crippen LogP contribution >= 0.6 is 11.3 Å². The molecule has 2 bridgehead atoms. The lowest BCUT2D eigenvalue weighted by Crippen LogP contribution is -2.47. The van der Waals surface area contributed by atoms with Crippen LogP contribution in [0.25, 0.3) is 10.2 Å². The van der Waals surface area contributed by atoms with E-state index in [1.54, 1.807) is 30.7 Å². The van der Waals surface area contributed by atoms with Crippen LogP contribution in [0.4, 0.5) is 5.82 Å². The number of carbonyl (C=O) groups is 2. The van der Waals surface area contributed by atoms with E-state index in [9.17, 15) is 4.79 Å². The highest BCUT2D eigenvalue weighted by Crippen LogP contribution is 2.30. The SMILES string of the molecule is Cc1cc(C(=O)N2C[C@H]3COC[C@@H]2CN(c2ncnc4sccc24)C3)no1.O=CO. The molecule has 158 valence electrons. The lowest BCUT2D eigenvalue weighted by molar-refractivity contribution is -0.122. The largest absolute Gasteiger partial charge is 0.483 e. The lowest BCUT2D eigenvalue weighted by Gasteiger charge is -2.31. The minimum Gasteiger partial charge on any atom is -0.483 e. The van der Waals surface area contributed by atoms with Gasteiger partial charge < -0.3 is 24.2 Å². The zero-order chi connectivity index (χ0) is 21.1. The maximum absolute atomic E-state index is 13.0. The molecule has 2 aliphatic rings. The first-order valence-electron chi connectivity index (χ1n) is 9.43. The Bertz CT molecular complexity index is 1040. The van der Waals surface area contributed by atoms with Gasteiger partial charge in [-0.25, -0.2) is 9.97 Å². The fraction of sp³-hybridized carbons (Fsp3) is 0.421. The second-order valence-electron chi connectivity index (χ2n) is 7.18. The van der Waals surface area contributed by atoms with E-state index in [0.717, 1.165) is 22.6 Å². The van der Waals surface area contributed by atoms with Gasteiger partial charge in [0.15, 0.2) is 5.69 Å². The third-order valence-corrected chi connectivity index (χ3v) is 5.94. The standard InChI is InChI=1S/C18H19N5O3S.CH2O2/c1-11-4-15(21-26-11)18(24)23-6-12-5-22(7-13(23)9-25-8-12)16-14-2-3-27-17(14)20-10-19-16;2-1-3/h2-4,10,12-13H,5-9H2,1H3;1H,(H,2,3)/t12-,13-;/m0./s1.